The fraction of sp³-hybridized carbons (Fsp3) is 0.0606. The number of nitrogens with zero attached hydrogens (tertiary/aromatic N) is 1. The van der Waals surface area contributed by atoms with Crippen molar-refractivity contribution in [1.82, 2.24) is 0 Å². The molecule has 0 fully saturated rings. The predicted octanol–water partition coefficient (Wildman–Crippen LogP) is 17.5. The minimum absolute atomic E-state index is 0.182. The third kappa shape index (κ3) is 5.94. The van der Waals surface area contributed by atoms with E-state index in [0.717, 1.165) is 11.4 Å². The van der Waals surface area contributed by atoms with Gasteiger partial charge in [0.1, 0.15) is 0 Å². The number of hydrogen-bond acceptors (Lipinski definition) is 1. The summed E-state index contributed by atoms with van der Waals surface area (Å²) in [4.78, 5) is 2.49. The summed E-state index contributed by atoms with van der Waals surface area (Å²) >= 11 is 0. The summed E-state index contributed by atoms with van der Waals surface area (Å²) in [5.41, 5.74) is 20.7. The number of benzene rings is 11. The number of rotatable bonds is 7. The van der Waals surface area contributed by atoms with Crippen LogP contribution in [0.25, 0.3) is 66.1 Å². The van der Waals surface area contributed by atoms with E-state index in [1.54, 1.807) is 0 Å². The first-order chi connectivity index (χ1) is 33.0. The summed E-state index contributed by atoms with van der Waals surface area (Å²) < 4.78 is 0. The Labute approximate surface area is 392 Å². The van der Waals surface area contributed by atoms with Crippen molar-refractivity contribution in [2.24, 2.45) is 0 Å². The molecule has 1 heteroatoms. The molecule has 0 saturated carbocycles. The molecule has 11 aromatic rings. The van der Waals surface area contributed by atoms with Crippen LogP contribution < -0.4 is 4.90 Å². The van der Waals surface area contributed by atoms with Crippen molar-refractivity contribution in [1.29, 1.82) is 0 Å². The summed E-state index contributed by atoms with van der Waals surface area (Å²) in [5.74, 6) is 0. The molecule has 1 nitrogen and oxygen atoms in total. The first-order valence-corrected chi connectivity index (χ1v) is 23.5. The van der Waals surface area contributed by atoms with E-state index in [1.165, 1.54) is 105 Å². The zero-order valence-corrected chi connectivity index (χ0v) is 37.6. The van der Waals surface area contributed by atoms with Gasteiger partial charge in [0.25, 0.3) is 0 Å². The normalized spacial score (nSPS) is 13.8. The zero-order chi connectivity index (χ0) is 44.7. The van der Waals surface area contributed by atoms with Gasteiger partial charge in [0, 0.05) is 22.4 Å². The Bertz CT molecular complexity index is 3650. The average molecular weight is 854 g/mol. The van der Waals surface area contributed by atoms with Gasteiger partial charge >= 0.3 is 0 Å². The van der Waals surface area contributed by atoms with Crippen molar-refractivity contribution in [2.75, 3.05) is 4.90 Å². The van der Waals surface area contributed by atoms with Crippen molar-refractivity contribution in [3.63, 3.8) is 0 Å². The monoisotopic (exact) mass is 853 g/mol. The van der Waals surface area contributed by atoms with Crippen LogP contribution in [0.5, 0.6) is 0 Å². The SMILES string of the molecule is CC1(C)c2ccccc2-c2c(N(c3ccc(-c4ccc5c(c4)C(c4ccccc4)(c4ccccc4)c4ccccc4-5)cc3)c3ccc(-c4ccc5ccccc5c4)cc3)cc3ccccc3c21. The van der Waals surface area contributed by atoms with Gasteiger partial charge in [-0.15, -0.1) is 0 Å². The van der Waals surface area contributed by atoms with E-state index in [4.69, 9.17) is 0 Å². The van der Waals surface area contributed by atoms with Gasteiger partial charge < -0.3 is 4.90 Å². The van der Waals surface area contributed by atoms with Gasteiger partial charge in [-0.25, -0.2) is 0 Å². The van der Waals surface area contributed by atoms with Crippen molar-refractivity contribution in [3.05, 3.63) is 282 Å². The van der Waals surface area contributed by atoms with E-state index in [1.807, 2.05) is 0 Å². The maximum absolute atomic E-state index is 2.49. The highest BCUT2D eigenvalue weighted by atomic mass is 15.1. The van der Waals surface area contributed by atoms with E-state index in [-0.39, 0.29) is 5.41 Å². The van der Waals surface area contributed by atoms with E-state index in [9.17, 15) is 0 Å². The van der Waals surface area contributed by atoms with Gasteiger partial charge in [-0.3, -0.25) is 0 Å². The van der Waals surface area contributed by atoms with Crippen LogP contribution in [-0.4, -0.2) is 0 Å². The maximum Gasteiger partial charge on any atom is 0.0713 e. The van der Waals surface area contributed by atoms with Crippen molar-refractivity contribution in [2.45, 2.75) is 24.7 Å². The first kappa shape index (κ1) is 39.1. The molecular weight excluding hydrogens is 807 g/mol. The van der Waals surface area contributed by atoms with Gasteiger partial charge in [0.05, 0.1) is 11.1 Å². The molecule has 2 aliphatic carbocycles. The quantitative estimate of drug-likeness (QED) is 0.154. The highest BCUT2D eigenvalue weighted by molar-refractivity contribution is 6.06. The van der Waals surface area contributed by atoms with Gasteiger partial charge in [-0.1, -0.05) is 220 Å². The first-order valence-electron chi connectivity index (χ1n) is 23.5. The molecule has 0 radical (unpaired) electrons. The Morgan fingerprint density at radius 3 is 1.49 bits per heavy atom. The van der Waals surface area contributed by atoms with Crippen LogP contribution in [-0.2, 0) is 10.8 Å². The Kier molecular flexibility index (Phi) is 8.85. The number of hydrogen-bond donors (Lipinski definition) is 0. The largest absolute Gasteiger partial charge is 0.310 e. The molecule has 13 rings (SSSR count). The summed E-state index contributed by atoms with van der Waals surface area (Å²) in [6.45, 7) is 4.79. The topological polar surface area (TPSA) is 3.24 Å². The van der Waals surface area contributed by atoms with Gasteiger partial charge in [0.2, 0.25) is 0 Å². The second kappa shape index (κ2) is 15.2. The number of fused-ring (bicyclic) bond motifs is 9. The lowest BCUT2D eigenvalue weighted by molar-refractivity contribution is 0.666. The minimum Gasteiger partial charge on any atom is -0.310 e. The van der Waals surface area contributed by atoms with E-state index < -0.39 is 5.41 Å². The molecule has 0 saturated heterocycles. The summed E-state index contributed by atoms with van der Waals surface area (Å²) in [6.07, 6.45) is 0. The molecule has 0 bridgehead atoms. The fourth-order valence-electron chi connectivity index (χ4n) is 11.8. The van der Waals surface area contributed by atoms with E-state index >= 15 is 0 Å². The molecule has 0 spiro atoms. The zero-order valence-electron chi connectivity index (χ0n) is 37.6. The van der Waals surface area contributed by atoms with Crippen LogP contribution >= 0.6 is 0 Å². The van der Waals surface area contributed by atoms with E-state index in [0.29, 0.717) is 0 Å². The molecule has 67 heavy (non-hydrogen) atoms. The molecule has 0 aliphatic heterocycles. The molecule has 0 atom stereocenters. The smallest absolute Gasteiger partial charge is 0.0713 e. The molecule has 316 valence electrons. The third-order valence-electron chi connectivity index (χ3n) is 14.9. The molecular formula is C66H47N. The second-order valence-corrected chi connectivity index (χ2v) is 18.8. The van der Waals surface area contributed by atoms with Crippen LogP contribution in [0.4, 0.5) is 17.1 Å². The minimum atomic E-state index is -0.458. The third-order valence-corrected chi connectivity index (χ3v) is 14.9. The molecule has 0 aromatic heterocycles. The molecule has 2 aliphatic rings. The molecule has 0 amide bonds. The molecule has 0 heterocycles. The highest BCUT2D eigenvalue weighted by Crippen LogP contribution is 2.58. The lowest BCUT2D eigenvalue weighted by Gasteiger charge is -2.34. The van der Waals surface area contributed by atoms with Gasteiger partial charge in [0.15, 0.2) is 0 Å². The second-order valence-electron chi connectivity index (χ2n) is 18.8. The summed E-state index contributed by atoms with van der Waals surface area (Å²) in [5, 5.41) is 5.05. The summed E-state index contributed by atoms with van der Waals surface area (Å²) in [6, 6.07) is 92.5. The Hall–Kier alpha value is -8.26. The van der Waals surface area contributed by atoms with Crippen LogP contribution in [0.3, 0.4) is 0 Å². The molecule has 0 N–H and O–H groups in total. The van der Waals surface area contributed by atoms with Crippen molar-refractivity contribution >= 4 is 38.6 Å². The highest BCUT2D eigenvalue weighted by Gasteiger charge is 2.46. The van der Waals surface area contributed by atoms with Crippen LogP contribution in [0.1, 0.15) is 47.2 Å². The number of anilines is 3. The Morgan fingerprint density at radius 2 is 0.821 bits per heavy atom. The van der Waals surface area contributed by atoms with Gasteiger partial charge in [-0.2, -0.15) is 0 Å². The van der Waals surface area contributed by atoms with Crippen molar-refractivity contribution < 1.29 is 0 Å². The predicted molar refractivity (Wildman–Crippen MR) is 282 cm³/mol. The average Bonchev–Trinajstić information content (AvgIpc) is 3.83. The Balaban J connectivity index is 0.983. The molecule has 11 aromatic carbocycles. The van der Waals surface area contributed by atoms with Crippen LogP contribution in [0.15, 0.2) is 249 Å². The lowest BCUT2D eigenvalue weighted by atomic mass is 9.67. The van der Waals surface area contributed by atoms with Crippen LogP contribution in [0, 0.1) is 0 Å². The Morgan fingerprint density at radius 1 is 0.328 bits per heavy atom. The standard InChI is InChI=1S/C66H47N/c1-65(2)59-27-15-14-26-58(59)63-62(43-50-19-11-12-24-55(50)64(63)65)67(53-36-31-45(32-37-53)48-30-29-44-17-9-10-18-47(44)41-48)54-38-33-46(34-39-54)49-35-40-57-56-25-13-16-28-60(56)66(61(57)42-49,51-20-5-3-6-21-51)52-22-7-4-8-23-52/h3-43H,1-2H3. The van der Waals surface area contributed by atoms with E-state index in [2.05, 4.69) is 267 Å². The molecule has 0 unspecified atom stereocenters. The van der Waals surface area contributed by atoms with Gasteiger partial charge in [-0.05, 0) is 136 Å². The van der Waals surface area contributed by atoms with Crippen LogP contribution in [0.2, 0.25) is 0 Å². The lowest BCUT2D eigenvalue weighted by Crippen LogP contribution is -2.28. The maximum atomic E-state index is 2.49. The summed E-state index contributed by atoms with van der Waals surface area (Å²) in [7, 11) is 0. The fourth-order valence-corrected chi connectivity index (χ4v) is 11.8. The van der Waals surface area contributed by atoms with Crippen molar-refractivity contribution in [3.8, 4) is 44.5 Å².